The van der Waals surface area contributed by atoms with Gasteiger partial charge in [0.15, 0.2) is 0 Å². The van der Waals surface area contributed by atoms with Gasteiger partial charge in [-0.15, -0.1) is 11.3 Å². The predicted octanol–water partition coefficient (Wildman–Crippen LogP) is 2.90. The summed E-state index contributed by atoms with van der Waals surface area (Å²) in [5, 5.41) is 7.69. The first-order valence-electron chi connectivity index (χ1n) is 9.26. The van der Waals surface area contributed by atoms with Crippen molar-refractivity contribution in [1.82, 2.24) is 20.2 Å². The van der Waals surface area contributed by atoms with Crippen molar-refractivity contribution in [2.75, 3.05) is 38.0 Å². The van der Waals surface area contributed by atoms with Gasteiger partial charge < -0.3 is 15.5 Å². The number of benzene rings is 1. The summed E-state index contributed by atoms with van der Waals surface area (Å²) in [7, 11) is 0. The highest BCUT2D eigenvalue weighted by atomic mass is 32.1. The van der Waals surface area contributed by atoms with Crippen molar-refractivity contribution < 1.29 is 4.79 Å². The number of hydrogen-bond donors (Lipinski definition) is 2. The molecular weight excluding hydrogens is 358 g/mol. The van der Waals surface area contributed by atoms with E-state index in [9.17, 15) is 4.79 Å². The van der Waals surface area contributed by atoms with Crippen LogP contribution in [0.25, 0.3) is 21.3 Å². The van der Waals surface area contributed by atoms with Gasteiger partial charge in [-0.25, -0.2) is 9.97 Å². The third kappa shape index (κ3) is 3.79. The van der Waals surface area contributed by atoms with Gasteiger partial charge in [0.1, 0.15) is 17.0 Å². The molecule has 6 nitrogen and oxygen atoms in total. The Hall–Kier alpha value is -2.51. The lowest BCUT2D eigenvalue weighted by Gasteiger charge is -2.27. The van der Waals surface area contributed by atoms with Crippen molar-refractivity contribution in [3.8, 4) is 11.1 Å². The Labute approximate surface area is 162 Å². The maximum absolute atomic E-state index is 12.4. The molecule has 0 spiro atoms. The van der Waals surface area contributed by atoms with Gasteiger partial charge in [-0.3, -0.25) is 4.79 Å². The maximum Gasteiger partial charge on any atom is 0.224 e. The fourth-order valence-corrected chi connectivity index (χ4v) is 4.50. The maximum atomic E-state index is 12.4. The molecule has 0 saturated carbocycles. The molecule has 1 saturated heterocycles. The number of anilines is 1. The average molecular weight is 382 g/mol. The summed E-state index contributed by atoms with van der Waals surface area (Å²) in [6.07, 6.45) is 2.06. The van der Waals surface area contributed by atoms with Crippen LogP contribution in [0, 0.1) is 6.92 Å². The molecule has 7 heteroatoms. The van der Waals surface area contributed by atoms with Crippen LogP contribution < -0.4 is 10.6 Å². The number of aromatic nitrogens is 2. The second kappa shape index (κ2) is 8.02. The summed E-state index contributed by atoms with van der Waals surface area (Å²) in [5.41, 5.74) is 2.34. The standard InChI is InChI=1S/C20H23N5OS/c1-14-17(15-5-3-2-4-6-15)18-19(23-13-24-20(18)27-14)22-8-7-16(26)25-11-9-21-10-12-25/h2-6,13,21H,7-12H2,1H3,(H,22,23,24). The minimum Gasteiger partial charge on any atom is -0.369 e. The lowest BCUT2D eigenvalue weighted by molar-refractivity contribution is -0.131. The van der Waals surface area contributed by atoms with Gasteiger partial charge in [0.25, 0.3) is 0 Å². The van der Waals surface area contributed by atoms with Crippen LogP contribution >= 0.6 is 11.3 Å². The molecule has 2 N–H and O–H groups in total. The lowest BCUT2D eigenvalue weighted by Crippen LogP contribution is -2.46. The normalized spacial score (nSPS) is 14.5. The van der Waals surface area contributed by atoms with E-state index in [2.05, 4.69) is 39.7 Å². The van der Waals surface area contributed by atoms with Crippen molar-refractivity contribution >= 4 is 33.3 Å². The van der Waals surface area contributed by atoms with Crippen molar-refractivity contribution in [2.24, 2.45) is 0 Å². The zero-order chi connectivity index (χ0) is 18.6. The summed E-state index contributed by atoms with van der Waals surface area (Å²) in [6, 6.07) is 10.3. The van der Waals surface area contributed by atoms with Crippen LogP contribution in [0.3, 0.4) is 0 Å². The van der Waals surface area contributed by atoms with E-state index in [-0.39, 0.29) is 5.91 Å². The van der Waals surface area contributed by atoms with Crippen LogP contribution in [0.5, 0.6) is 0 Å². The van der Waals surface area contributed by atoms with Gasteiger partial charge >= 0.3 is 0 Å². The highest BCUT2D eigenvalue weighted by Crippen LogP contribution is 2.40. The first-order valence-corrected chi connectivity index (χ1v) is 10.1. The predicted molar refractivity (Wildman–Crippen MR) is 110 cm³/mol. The van der Waals surface area contributed by atoms with Gasteiger partial charge in [-0.1, -0.05) is 30.3 Å². The molecule has 140 valence electrons. The Bertz CT molecular complexity index is 934. The smallest absolute Gasteiger partial charge is 0.224 e. The first-order chi connectivity index (χ1) is 13.2. The Kier molecular flexibility index (Phi) is 5.31. The van der Waals surface area contributed by atoms with Gasteiger partial charge in [0.05, 0.1) is 5.39 Å². The summed E-state index contributed by atoms with van der Waals surface area (Å²) >= 11 is 1.68. The van der Waals surface area contributed by atoms with Crippen LogP contribution in [0.15, 0.2) is 36.7 Å². The Morgan fingerprint density at radius 1 is 1.22 bits per heavy atom. The molecule has 1 aliphatic rings. The third-order valence-electron chi connectivity index (χ3n) is 4.83. The Morgan fingerprint density at radius 2 is 2.00 bits per heavy atom. The Morgan fingerprint density at radius 3 is 2.78 bits per heavy atom. The second-order valence-corrected chi connectivity index (χ2v) is 7.81. The lowest BCUT2D eigenvalue weighted by atomic mass is 10.0. The van der Waals surface area contributed by atoms with E-state index in [0.29, 0.717) is 13.0 Å². The molecule has 4 rings (SSSR count). The molecule has 27 heavy (non-hydrogen) atoms. The Balaban J connectivity index is 1.54. The highest BCUT2D eigenvalue weighted by molar-refractivity contribution is 7.19. The van der Waals surface area contributed by atoms with E-state index >= 15 is 0 Å². The zero-order valence-electron chi connectivity index (χ0n) is 15.4. The molecule has 0 unspecified atom stereocenters. The van der Waals surface area contributed by atoms with E-state index in [0.717, 1.165) is 47.8 Å². The molecule has 3 aromatic rings. The minimum absolute atomic E-state index is 0.194. The van der Waals surface area contributed by atoms with Gasteiger partial charge in [0.2, 0.25) is 5.91 Å². The van der Waals surface area contributed by atoms with Crippen LogP contribution in [0.2, 0.25) is 0 Å². The summed E-state index contributed by atoms with van der Waals surface area (Å²) in [6.45, 7) is 6.02. The average Bonchev–Trinajstić information content (AvgIpc) is 3.06. The molecule has 3 heterocycles. The molecular formula is C20H23N5OS. The number of aryl methyl sites for hydroxylation is 1. The largest absolute Gasteiger partial charge is 0.369 e. The minimum atomic E-state index is 0.194. The monoisotopic (exact) mass is 381 g/mol. The number of amides is 1. The molecule has 0 atom stereocenters. The van der Waals surface area contributed by atoms with E-state index in [1.54, 1.807) is 17.7 Å². The van der Waals surface area contributed by atoms with Crippen molar-refractivity contribution in [3.05, 3.63) is 41.5 Å². The van der Waals surface area contributed by atoms with Crippen LogP contribution in [-0.2, 0) is 4.79 Å². The number of hydrogen-bond acceptors (Lipinski definition) is 6. The van der Waals surface area contributed by atoms with Gasteiger partial charge in [-0.05, 0) is 12.5 Å². The fraction of sp³-hybridized carbons (Fsp3) is 0.350. The highest BCUT2D eigenvalue weighted by Gasteiger charge is 2.18. The number of carbonyl (C=O) groups excluding carboxylic acids is 1. The molecule has 0 bridgehead atoms. The number of thiophene rings is 1. The van der Waals surface area contributed by atoms with E-state index < -0.39 is 0 Å². The van der Waals surface area contributed by atoms with Crippen LogP contribution in [0.1, 0.15) is 11.3 Å². The number of carbonyl (C=O) groups is 1. The van der Waals surface area contributed by atoms with E-state index in [1.807, 2.05) is 23.1 Å². The quantitative estimate of drug-likeness (QED) is 0.711. The topological polar surface area (TPSA) is 70.2 Å². The SMILES string of the molecule is Cc1sc2ncnc(NCCC(=O)N3CCNCC3)c2c1-c1ccccc1. The zero-order valence-corrected chi connectivity index (χ0v) is 16.2. The van der Waals surface area contributed by atoms with E-state index in [4.69, 9.17) is 0 Å². The van der Waals surface area contributed by atoms with Crippen molar-refractivity contribution in [3.63, 3.8) is 0 Å². The van der Waals surface area contributed by atoms with Crippen molar-refractivity contribution in [2.45, 2.75) is 13.3 Å². The summed E-state index contributed by atoms with van der Waals surface area (Å²) < 4.78 is 0. The molecule has 1 aromatic carbocycles. The van der Waals surface area contributed by atoms with Crippen molar-refractivity contribution in [1.29, 1.82) is 0 Å². The molecule has 1 amide bonds. The molecule has 1 aliphatic heterocycles. The number of nitrogens with zero attached hydrogens (tertiary/aromatic N) is 3. The second-order valence-electron chi connectivity index (χ2n) is 6.61. The number of nitrogens with one attached hydrogen (secondary N) is 2. The molecule has 2 aromatic heterocycles. The third-order valence-corrected chi connectivity index (χ3v) is 5.84. The van der Waals surface area contributed by atoms with Gasteiger partial charge in [-0.2, -0.15) is 0 Å². The summed E-state index contributed by atoms with van der Waals surface area (Å²) in [5.74, 6) is 0.996. The van der Waals surface area contributed by atoms with Crippen LogP contribution in [0.4, 0.5) is 5.82 Å². The molecule has 0 radical (unpaired) electrons. The molecule has 0 aliphatic carbocycles. The molecule has 1 fully saturated rings. The number of fused-ring (bicyclic) bond motifs is 1. The van der Waals surface area contributed by atoms with Gasteiger partial charge in [0, 0.05) is 49.6 Å². The first kappa shape index (κ1) is 17.9. The number of piperazine rings is 1. The number of rotatable bonds is 5. The summed E-state index contributed by atoms with van der Waals surface area (Å²) in [4.78, 5) is 25.4. The van der Waals surface area contributed by atoms with E-state index in [1.165, 1.54) is 10.4 Å². The fourth-order valence-electron chi connectivity index (χ4n) is 3.49. The van der Waals surface area contributed by atoms with Crippen LogP contribution in [-0.4, -0.2) is 53.5 Å².